The van der Waals surface area contributed by atoms with Crippen molar-refractivity contribution in [2.75, 3.05) is 0 Å². The van der Waals surface area contributed by atoms with Gasteiger partial charge in [-0.1, -0.05) is 46.8 Å². The number of phenolic OH excluding ortho intramolecular Hbond substituents is 1. The Hall–Kier alpha value is -2.31. The van der Waals surface area contributed by atoms with Gasteiger partial charge in [0.2, 0.25) is 0 Å². The van der Waals surface area contributed by atoms with E-state index in [2.05, 4.69) is 0 Å². The zero-order valence-corrected chi connectivity index (χ0v) is 19.4. The van der Waals surface area contributed by atoms with E-state index in [1.54, 1.807) is 45.9 Å². The molecule has 2 saturated carbocycles. The standard InChI is InChI=1S/C25H31NO7/c1-10(2)16-18(28)13(9-26)20(30)25(33)21(31)17-19(29)15-12(7-6-8-14(15)27)11(3)23(17,4)22(32)24(16,25)5/h6-8,10-11,13,16-18,21-22,27-28,31-33H,1-5H3/t11-,13-,16+,17-,18?,21?,22-,23+,24+,25+/m1/s1. The summed E-state index contributed by atoms with van der Waals surface area (Å²) in [6.07, 6.45) is -4.94. The number of nitriles is 1. The van der Waals surface area contributed by atoms with Gasteiger partial charge >= 0.3 is 0 Å². The van der Waals surface area contributed by atoms with Crippen LogP contribution < -0.4 is 0 Å². The van der Waals surface area contributed by atoms with E-state index in [0.29, 0.717) is 5.56 Å². The van der Waals surface area contributed by atoms with Gasteiger partial charge in [0, 0.05) is 16.7 Å². The lowest BCUT2D eigenvalue weighted by molar-refractivity contribution is -0.306. The molecule has 0 aromatic heterocycles. The molecule has 0 spiro atoms. The van der Waals surface area contributed by atoms with Crippen LogP contribution in [-0.4, -0.2) is 61.0 Å². The smallest absolute Gasteiger partial charge is 0.187 e. The summed E-state index contributed by atoms with van der Waals surface area (Å²) >= 11 is 0. The van der Waals surface area contributed by atoms with Crippen LogP contribution in [0.4, 0.5) is 0 Å². The molecule has 8 nitrogen and oxygen atoms in total. The van der Waals surface area contributed by atoms with Crippen LogP contribution >= 0.6 is 0 Å². The van der Waals surface area contributed by atoms with E-state index in [0.717, 1.165) is 0 Å². The third-order valence-electron chi connectivity index (χ3n) is 9.31. The van der Waals surface area contributed by atoms with E-state index >= 15 is 0 Å². The molecule has 10 atom stereocenters. The Labute approximate surface area is 192 Å². The van der Waals surface area contributed by atoms with Crippen LogP contribution in [0.25, 0.3) is 0 Å². The van der Waals surface area contributed by atoms with Gasteiger partial charge in [-0.25, -0.2) is 0 Å². The van der Waals surface area contributed by atoms with Crippen LogP contribution in [0.2, 0.25) is 0 Å². The predicted molar refractivity (Wildman–Crippen MR) is 116 cm³/mol. The molecule has 0 saturated heterocycles. The van der Waals surface area contributed by atoms with Gasteiger partial charge in [-0.3, -0.25) is 9.59 Å². The molecular formula is C25H31NO7. The molecule has 0 amide bonds. The molecule has 2 unspecified atom stereocenters. The number of nitrogens with zero attached hydrogens (tertiary/aromatic N) is 1. The molecule has 178 valence electrons. The normalized spacial score (nSPS) is 46.9. The highest BCUT2D eigenvalue weighted by Gasteiger charge is 2.79. The second kappa shape index (κ2) is 7.09. The fourth-order valence-corrected chi connectivity index (χ4v) is 7.56. The average Bonchev–Trinajstić information content (AvgIpc) is 2.74. The lowest BCUT2D eigenvalue weighted by Gasteiger charge is -2.69. The first kappa shape index (κ1) is 23.8. The van der Waals surface area contributed by atoms with Crippen LogP contribution in [-0.2, 0) is 4.79 Å². The van der Waals surface area contributed by atoms with Crippen molar-refractivity contribution in [2.45, 2.75) is 64.4 Å². The Balaban J connectivity index is 2.06. The first-order valence-electron chi connectivity index (χ1n) is 11.3. The number of Topliss-reactive ketones (excluding diaryl/α,β-unsaturated/α-hetero) is 2. The number of ketones is 2. The summed E-state index contributed by atoms with van der Waals surface area (Å²) in [5.41, 5.74) is -5.28. The number of carbonyl (C=O) groups excluding carboxylic acids is 2. The summed E-state index contributed by atoms with van der Waals surface area (Å²) in [7, 11) is 0. The molecular weight excluding hydrogens is 426 g/mol. The van der Waals surface area contributed by atoms with Crippen molar-refractivity contribution in [3.63, 3.8) is 0 Å². The molecule has 1 aromatic rings. The molecule has 1 aromatic carbocycles. The Morgan fingerprint density at radius 3 is 2.27 bits per heavy atom. The average molecular weight is 458 g/mol. The number of hydrogen-bond donors (Lipinski definition) is 5. The van der Waals surface area contributed by atoms with Crippen LogP contribution in [0, 0.1) is 45.8 Å². The maximum atomic E-state index is 13.7. The number of carbonyl (C=O) groups is 2. The van der Waals surface area contributed by atoms with Crippen LogP contribution in [0.5, 0.6) is 5.75 Å². The van der Waals surface area contributed by atoms with Crippen molar-refractivity contribution >= 4 is 11.6 Å². The SMILES string of the molecule is CC(C)[C@H]1C(O)[C@@H](C#N)C(=O)[C@]2(O)C(O)[C@H]3C(=O)c4c(O)cccc4[C@@H](C)[C@]3(C)[C@@H](O)[C@]12C. The van der Waals surface area contributed by atoms with E-state index < -0.39 is 70.0 Å². The molecule has 8 heteroatoms. The molecule has 2 fully saturated rings. The highest BCUT2D eigenvalue weighted by Crippen LogP contribution is 2.68. The third-order valence-corrected chi connectivity index (χ3v) is 9.31. The number of hydrogen-bond acceptors (Lipinski definition) is 8. The lowest BCUT2D eigenvalue weighted by atomic mass is 9.36. The van der Waals surface area contributed by atoms with Crippen molar-refractivity contribution in [3.05, 3.63) is 29.3 Å². The summed E-state index contributed by atoms with van der Waals surface area (Å²) in [4.78, 5) is 27.1. The van der Waals surface area contributed by atoms with Gasteiger partial charge in [-0.15, -0.1) is 0 Å². The number of phenols is 1. The minimum absolute atomic E-state index is 0.00790. The quantitative estimate of drug-likeness (QED) is 0.420. The van der Waals surface area contributed by atoms with E-state index in [1.165, 1.54) is 13.0 Å². The Kier molecular flexibility index (Phi) is 5.12. The zero-order chi connectivity index (χ0) is 24.8. The number of fused-ring (bicyclic) bond motifs is 3. The largest absolute Gasteiger partial charge is 0.507 e. The minimum Gasteiger partial charge on any atom is -0.507 e. The van der Waals surface area contributed by atoms with Crippen LogP contribution in [0.15, 0.2) is 18.2 Å². The van der Waals surface area contributed by atoms with Crippen molar-refractivity contribution in [1.82, 2.24) is 0 Å². The number of benzene rings is 1. The Morgan fingerprint density at radius 2 is 1.73 bits per heavy atom. The maximum absolute atomic E-state index is 13.7. The first-order valence-corrected chi connectivity index (χ1v) is 11.3. The molecule has 5 N–H and O–H groups in total. The summed E-state index contributed by atoms with van der Waals surface area (Å²) in [5.74, 6) is -6.98. The topological polar surface area (TPSA) is 159 Å². The highest BCUT2D eigenvalue weighted by molar-refractivity contribution is 6.05. The fraction of sp³-hybridized carbons (Fsp3) is 0.640. The number of aromatic hydroxyl groups is 1. The van der Waals surface area contributed by atoms with Gasteiger partial charge in [-0.05, 0) is 23.5 Å². The van der Waals surface area contributed by atoms with Gasteiger partial charge < -0.3 is 25.5 Å². The fourth-order valence-electron chi connectivity index (χ4n) is 7.56. The lowest BCUT2D eigenvalue weighted by Crippen LogP contribution is -2.83. The molecule has 33 heavy (non-hydrogen) atoms. The Bertz CT molecular complexity index is 1080. The summed E-state index contributed by atoms with van der Waals surface area (Å²) in [6.45, 7) is 8.36. The number of rotatable bonds is 1. The van der Waals surface area contributed by atoms with Crippen molar-refractivity contribution in [1.29, 1.82) is 5.26 Å². The van der Waals surface area contributed by atoms with E-state index in [9.17, 15) is 40.4 Å². The van der Waals surface area contributed by atoms with Crippen molar-refractivity contribution < 1.29 is 35.1 Å². The van der Waals surface area contributed by atoms with Gasteiger partial charge in [0.05, 0.1) is 29.8 Å². The van der Waals surface area contributed by atoms with Crippen molar-refractivity contribution in [2.24, 2.45) is 34.5 Å². The Morgan fingerprint density at radius 1 is 1.12 bits per heavy atom. The van der Waals surface area contributed by atoms with E-state index in [4.69, 9.17) is 0 Å². The highest BCUT2D eigenvalue weighted by atomic mass is 16.4. The van der Waals surface area contributed by atoms with Crippen LogP contribution in [0.1, 0.15) is 56.5 Å². The molecule has 3 aliphatic carbocycles. The summed E-state index contributed by atoms with van der Waals surface area (Å²) < 4.78 is 0. The second-order valence-electron chi connectivity index (χ2n) is 10.8. The monoisotopic (exact) mass is 457 g/mol. The van der Waals surface area contributed by atoms with Crippen LogP contribution in [0.3, 0.4) is 0 Å². The maximum Gasteiger partial charge on any atom is 0.187 e. The summed E-state index contributed by atoms with van der Waals surface area (Å²) in [6, 6.07) is 6.36. The van der Waals surface area contributed by atoms with Gasteiger partial charge in [0.1, 0.15) is 17.8 Å². The first-order chi connectivity index (χ1) is 15.2. The molecule has 0 radical (unpaired) electrons. The number of aliphatic hydroxyl groups is 4. The van der Waals surface area contributed by atoms with E-state index in [-0.39, 0.29) is 17.2 Å². The second-order valence-corrected chi connectivity index (χ2v) is 10.8. The van der Waals surface area contributed by atoms with Gasteiger partial charge in [0.25, 0.3) is 0 Å². The summed E-state index contributed by atoms with van der Waals surface area (Å²) in [5, 5.41) is 66.6. The zero-order valence-electron chi connectivity index (χ0n) is 19.4. The van der Waals surface area contributed by atoms with E-state index in [1.807, 2.05) is 0 Å². The van der Waals surface area contributed by atoms with Gasteiger partial charge in [-0.2, -0.15) is 5.26 Å². The molecule has 3 aliphatic rings. The van der Waals surface area contributed by atoms with Crippen molar-refractivity contribution in [3.8, 4) is 11.8 Å². The third kappa shape index (κ3) is 2.43. The molecule has 0 heterocycles. The minimum atomic E-state index is -2.66. The number of aliphatic hydroxyl groups excluding tert-OH is 3. The molecule has 0 aliphatic heterocycles. The van der Waals surface area contributed by atoms with Gasteiger partial charge in [0.15, 0.2) is 17.2 Å². The molecule has 4 rings (SSSR count). The predicted octanol–water partition coefficient (Wildman–Crippen LogP) is 1.14. The molecule has 0 bridgehead atoms.